The van der Waals surface area contributed by atoms with Crippen LogP contribution in [0.2, 0.25) is 0 Å². The van der Waals surface area contributed by atoms with E-state index in [4.69, 9.17) is 0 Å². The standard InChI is InChI=1S/C14H18N2OS2/c1-14(2,3)8-12(17)15-9-5-6-10-11(7-9)19-13(16-10)18-4/h5-7H,8H2,1-4H3,(H,15,17). The molecule has 0 unspecified atom stereocenters. The highest BCUT2D eigenvalue weighted by Gasteiger charge is 2.16. The number of carbonyl (C=O) groups excluding carboxylic acids is 1. The Morgan fingerprint density at radius 3 is 2.79 bits per heavy atom. The Bertz CT molecular complexity index is 599. The van der Waals surface area contributed by atoms with Crippen LogP contribution >= 0.6 is 23.1 Å². The molecule has 1 N–H and O–H groups in total. The van der Waals surface area contributed by atoms with Crippen LogP contribution in [0, 0.1) is 5.41 Å². The SMILES string of the molecule is CSc1nc2ccc(NC(=O)CC(C)(C)C)cc2s1. The Labute approximate surface area is 121 Å². The van der Waals surface area contributed by atoms with Crippen molar-refractivity contribution in [2.24, 2.45) is 5.41 Å². The van der Waals surface area contributed by atoms with Gasteiger partial charge in [-0.15, -0.1) is 11.3 Å². The van der Waals surface area contributed by atoms with Crippen LogP contribution in [0.4, 0.5) is 5.69 Å². The number of nitrogens with zero attached hydrogens (tertiary/aromatic N) is 1. The van der Waals surface area contributed by atoms with E-state index in [2.05, 4.69) is 31.1 Å². The van der Waals surface area contributed by atoms with Crippen LogP contribution in [-0.4, -0.2) is 17.1 Å². The summed E-state index contributed by atoms with van der Waals surface area (Å²) in [6, 6.07) is 5.86. The Hall–Kier alpha value is -1.07. The van der Waals surface area contributed by atoms with Crippen molar-refractivity contribution in [2.75, 3.05) is 11.6 Å². The monoisotopic (exact) mass is 294 g/mol. The number of aromatic nitrogens is 1. The lowest BCUT2D eigenvalue weighted by atomic mass is 9.92. The second-order valence-corrected chi connectivity index (χ2v) is 7.74. The first-order chi connectivity index (χ1) is 8.87. The van der Waals surface area contributed by atoms with E-state index < -0.39 is 0 Å². The maximum atomic E-state index is 11.9. The predicted octanol–water partition coefficient (Wildman–Crippen LogP) is 4.39. The average Bonchev–Trinajstić information content (AvgIpc) is 2.68. The molecule has 1 amide bonds. The van der Waals surface area contributed by atoms with Crippen molar-refractivity contribution in [1.29, 1.82) is 0 Å². The van der Waals surface area contributed by atoms with E-state index in [1.54, 1.807) is 23.1 Å². The first kappa shape index (κ1) is 14.3. The Morgan fingerprint density at radius 1 is 1.42 bits per heavy atom. The van der Waals surface area contributed by atoms with Crippen LogP contribution in [0.5, 0.6) is 0 Å². The molecule has 0 radical (unpaired) electrons. The first-order valence-electron chi connectivity index (χ1n) is 6.12. The fourth-order valence-electron chi connectivity index (χ4n) is 1.76. The van der Waals surface area contributed by atoms with Gasteiger partial charge in [0.15, 0.2) is 4.34 Å². The molecule has 0 bridgehead atoms. The van der Waals surface area contributed by atoms with E-state index in [0.29, 0.717) is 6.42 Å². The number of carbonyl (C=O) groups is 1. The third kappa shape index (κ3) is 3.94. The van der Waals surface area contributed by atoms with Crippen molar-refractivity contribution < 1.29 is 4.79 Å². The number of hydrogen-bond donors (Lipinski definition) is 1. The van der Waals surface area contributed by atoms with Gasteiger partial charge in [-0.3, -0.25) is 4.79 Å². The minimum Gasteiger partial charge on any atom is -0.326 e. The van der Waals surface area contributed by atoms with Gasteiger partial charge in [-0.05, 0) is 29.9 Å². The highest BCUT2D eigenvalue weighted by Crippen LogP contribution is 2.30. The molecule has 0 spiro atoms. The van der Waals surface area contributed by atoms with Gasteiger partial charge >= 0.3 is 0 Å². The molecular formula is C14H18N2OS2. The van der Waals surface area contributed by atoms with E-state index >= 15 is 0 Å². The smallest absolute Gasteiger partial charge is 0.224 e. The molecule has 1 heterocycles. The molecule has 0 saturated heterocycles. The van der Waals surface area contributed by atoms with Gasteiger partial charge in [0.25, 0.3) is 0 Å². The molecule has 3 nitrogen and oxygen atoms in total. The molecule has 0 fully saturated rings. The van der Waals surface area contributed by atoms with Gasteiger partial charge in [0.05, 0.1) is 10.2 Å². The van der Waals surface area contributed by atoms with E-state index in [-0.39, 0.29) is 11.3 Å². The van der Waals surface area contributed by atoms with Crippen LogP contribution in [0.25, 0.3) is 10.2 Å². The summed E-state index contributed by atoms with van der Waals surface area (Å²) in [5, 5.41) is 2.95. The molecule has 2 rings (SSSR count). The number of thiazole rings is 1. The van der Waals surface area contributed by atoms with Crippen molar-refractivity contribution in [3.8, 4) is 0 Å². The lowest BCUT2D eigenvalue weighted by Gasteiger charge is -2.17. The Morgan fingerprint density at radius 2 is 2.16 bits per heavy atom. The van der Waals surface area contributed by atoms with Gasteiger partial charge in [-0.25, -0.2) is 4.98 Å². The summed E-state index contributed by atoms with van der Waals surface area (Å²) in [4.78, 5) is 16.4. The minimum absolute atomic E-state index is 0.00466. The number of hydrogen-bond acceptors (Lipinski definition) is 4. The topological polar surface area (TPSA) is 42.0 Å². The van der Waals surface area contributed by atoms with Gasteiger partial charge in [0, 0.05) is 12.1 Å². The van der Waals surface area contributed by atoms with Gasteiger partial charge < -0.3 is 5.32 Å². The fourth-order valence-corrected chi connectivity index (χ4v) is 3.28. The highest BCUT2D eigenvalue weighted by atomic mass is 32.2. The van der Waals surface area contributed by atoms with Gasteiger partial charge in [-0.1, -0.05) is 32.5 Å². The molecule has 2 aromatic rings. The third-order valence-electron chi connectivity index (χ3n) is 2.52. The number of benzene rings is 1. The summed E-state index contributed by atoms with van der Waals surface area (Å²) < 4.78 is 2.16. The van der Waals surface area contributed by atoms with Gasteiger partial charge in [0.1, 0.15) is 0 Å². The number of amides is 1. The molecule has 0 saturated carbocycles. The molecule has 102 valence electrons. The predicted molar refractivity (Wildman–Crippen MR) is 84.1 cm³/mol. The van der Waals surface area contributed by atoms with Crippen molar-refractivity contribution in [2.45, 2.75) is 31.5 Å². The van der Waals surface area contributed by atoms with E-state index in [9.17, 15) is 4.79 Å². The molecule has 0 aliphatic carbocycles. The summed E-state index contributed by atoms with van der Waals surface area (Å²) in [5.74, 6) is 0.0569. The lowest BCUT2D eigenvalue weighted by Crippen LogP contribution is -2.19. The molecule has 0 atom stereocenters. The van der Waals surface area contributed by atoms with Crippen LogP contribution in [0.3, 0.4) is 0 Å². The van der Waals surface area contributed by atoms with Gasteiger partial charge in [-0.2, -0.15) is 0 Å². The maximum absolute atomic E-state index is 11.9. The van der Waals surface area contributed by atoms with Crippen molar-refractivity contribution in [1.82, 2.24) is 4.98 Å². The van der Waals surface area contributed by atoms with E-state index in [0.717, 1.165) is 20.2 Å². The van der Waals surface area contributed by atoms with E-state index in [1.165, 1.54) is 0 Å². The molecule has 0 aliphatic heterocycles. The summed E-state index contributed by atoms with van der Waals surface area (Å²) in [6.07, 6.45) is 2.54. The minimum atomic E-state index is 0.00466. The first-order valence-corrected chi connectivity index (χ1v) is 8.16. The second-order valence-electron chi connectivity index (χ2n) is 5.65. The Balaban J connectivity index is 2.15. The quantitative estimate of drug-likeness (QED) is 0.853. The summed E-state index contributed by atoms with van der Waals surface area (Å²) in [6.45, 7) is 6.18. The average molecular weight is 294 g/mol. The molecule has 1 aromatic heterocycles. The normalized spacial score (nSPS) is 11.8. The maximum Gasteiger partial charge on any atom is 0.224 e. The van der Waals surface area contributed by atoms with Crippen molar-refractivity contribution in [3.05, 3.63) is 18.2 Å². The zero-order chi connectivity index (χ0) is 14.0. The van der Waals surface area contributed by atoms with Crippen molar-refractivity contribution >= 4 is 44.9 Å². The molecule has 19 heavy (non-hydrogen) atoms. The van der Waals surface area contributed by atoms with Crippen LogP contribution < -0.4 is 5.32 Å². The molecule has 0 aliphatic rings. The van der Waals surface area contributed by atoms with Crippen LogP contribution in [0.1, 0.15) is 27.2 Å². The zero-order valence-corrected chi connectivity index (χ0v) is 13.2. The van der Waals surface area contributed by atoms with Crippen LogP contribution in [0.15, 0.2) is 22.5 Å². The zero-order valence-electron chi connectivity index (χ0n) is 11.6. The van der Waals surface area contributed by atoms with E-state index in [1.807, 2.05) is 24.5 Å². The van der Waals surface area contributed by atoms with Crippen molar-refractivity contribution in [3.63, 3.8) is 0 Å². The lowest BCUT2D eigenvalue weighted by molar-refractivity contribution is -0.117. The summed E-state index contributed by atoms with van der Waals surface area (Å²) >= 11 is 3.29. The van der Waals surface area contributed by atoms with Gasteiger partial charge in [0.2, 0.25) is 5.91 Å². The summed E-state index contributed by atoms with van der Waals surface area (Å²) in [7, 11) is 0. The van der Waals surface area contributed by atoms with Crippen LogP contribution in [-0.2, 0) is 4.79 Å². The number of nitrogens with one attached hydrogen (secondary N) is 1. The summed E-state index contributed by atoms with van der Waals surface area (Å²) in [5.41, 5.74) is 1.84. The molecule has 1 aromatic carbocycles. The number of rotatable bonds is 3. The number of anilines is 1. The second kappa shape index (κ2) is 5.51. The molecular weight excluding hydrogens is 276 g/mol. The third-order valence-corrected chi connectivity index (χ3v) is 4.52. The largest absolute Gasteiger partial charge is 0.326 e. The number of thioether (sulfide) groups is 1. The number of fused-ring (bicyclic) bond motifs is 1. The fraction of sp³-hybridized carbons (Fsp3) is 0.429. The Kier molecular flexibility index (Phi) is 4.16. The highest BCUT2D eigenvalue weighted by molar-refractivity contribution is 8.00. The molecule has 5 heteroatoms.